The molecule has 1 saturated heterocycles. The Morgan fingerprint density at radius 3 is 2.88 bits per heavy atom. The Bertz CT molecular complexity index is 407. The Hall–Kier alpha value is -1.39. The van der Waals surface area contributed by atoms with Crippen LogP contribution in [-0.2, 0) is 14.3 Å². The Morgan fingerprint density at radius 1 is 1.41 bits per heavy atom. The van der Waals surface area contributed by atoms with Crippen molar-refractivity contribution in [1.29, 1.82) is 0 Å². The van der Waals surface area contributed by atoms with Gasteiger partial charge in [0.25, 0.3) is 0 Å². The minimum Gasteiger partial charge on any atom is -0.367 e. The molecule has 0 aromatic heterocycles. The number of allylic oxidation sites excluding steroid dienone is 4. The predicted octanol–water partition coefficient (Wildman–Crippen LogP) is 1.43. The van der Waals surface area contributed by atoms with E-state index >= 15 is 0 Å². The highest BCUT2D eigenvalue weighted by Crippen LogP contribution is 2.32. The van der Waals surface area contributed by atoms with E-state index in [1.807, 2.05) is 30.4 Å². The summed E-state index contributed by atoms with van der Waals surface area (Å²) in [5, 5.41) is 0. The lowest BCUT2D eigenvalue weighted by Crippen LogP contribution is -2.37. The van der Waals surface area contributed by atoms with Crippen LogP contribution in [0.1, 0.15) is 20.3 Å². The van der Waals surface area contributed by atoms with E-state index in [9.17, 15) is 4.79 Å². The molecule has 0 aromatic carbocycles. The molecule has 0 aromatic rings. The van der Waals surface area contributed by atoms with Crippen LogP contribution in [0.25, 0.3) is 0 Å². The van der Waals surface area contributed by atoms with Gasteiger partial charge in [0.2, 0.25) is 5.91 Å². The SMILES string of the molecule is CC1(C)O[C@H](C(N)=O)[C@@H](C2=CC=CCC=C2)O1. The lowest BCUT2D eigenvalue weighted by molar-refractivity contribution is -0.153. The largest absolute Gasteiger partial charge is 0.367 e. The van der Waals surface area contributed by atoms with Crippen molar-refractivity contribution < 1.29 is 14.3 Å². The summed E-state index contributed by atoms with van der Waals surface area (Å²) in [6.07, 6.45) is 9.58. The first-order chi connectivity index (χ1) is 7.99. The molecule has 4 heteroatoms. The van der Waals surface area contributed by atoms with Crippen molar-refractivity contribution >= 4 is 5.91 Å². The molecule has 4 nitrogen and oxygen atoms in total. The van der Waals surface area contributed by atoms with Gasteiger partial charge in [-0.25, -0.2) is 0 Å². The zero-order valence-corrected chi connectivity index (χ0v) is 10.1. The third kappa shape index (κ3) is 2.65. The lowest BCUT2D eigenvalue weighted by Gasteiger charge is -2.17. The number of rotatable bonds is 2. The van der Waals surface area contributed by atoms with E-state index in [0.717, 1.165) is 12.0 Å². The molecular weight excluding hydrogens is 218 g/mol. The van der Waals surface area contributed by atoms with Gasteiger partial charge in [0.15, 0.2) is 11.9 Å². The Morgan fingerprint density at radius 2 is 2.18 bits per heavy atom. The Labute approximate surface area is 101 Å². The van der Waals surface area contributed by atoms with E-state index < -0.39 is 23.9 Å². The highest BCUT2D eigenvalue weighted by Gasteiger charge is 2.45. The first-order valence-corrected chi connectivity index (χ1v) is 5.68. The van der Waals surface area contributed by atoms with Crippen LogP contribution in [0.2, 0.25) is 0 Å². The van der Waals surface area contributed by atoms with Crippen LogP contribution < -0.4 is 5.73 Å². The molecule has 2 atom stereocenters. The van der Waals surface area contributed by atoms with Gasteiger partial charge in [-0.3, -0.25) is 4.79 Å². The van der Waals surface area contributed by atoms with Gasteiger partial charge in [0.05, 0.1) is 0 Å². The molecule has 1 aliphatic heterocycles. The number of ether oxygens (including phenoxy) is 2. The number of carbonyl (C=O) groups is 1. The molecule has 1 heterocycles. The second-order valence-corrected chi connectivity index (χ2v) is 4.61. The normalized spacial score (nSPS) is 31.1. The van der Waals surface area contributed by atoms with Gasteiger partial charge in [-0.05, 0) is 25.8 Å². The van der Waals surface area contributed by atoms with Crippen LogP contribution in [0.4, 0.5) is 0 Å². The van der Waals surface area contributed by atoms with E-state index in [4.69, 9.17) is 15.2 Å². The van der Waals surface area contributed by atoms with Crippen molar-refractivity contribution in [3.8, 4) is 0 Å². The van der Waals surface area contributed by atoms with Crippen molar-refractivity contribution in [1.82, 2.24) is 0 Å². The zero-order valence-electron chi connectivity index (χ0n) is 10.1. The third-order valence-corrected chi connectivity index (χ3v) is 2.71. The maximum absolute atomic E-state index is 11.4. The molecule has 0 bridgehead atoms. The molecule has 17 heavy (non-hydrogen) atoms. The fourth-order valence-corrected chi connectivity index (χ4v) is 2.00. The summed E-state index contributed by atoms with van der Waals surface area (Å²) in [5.74, 6) is -1.28. The van der Waals surface area contributed by atoms with Crippen molar-refractivity contribution in [2.75, 3.05) is 0 Å². The first kappa shape index (κ1) is 12.1. The molecule has 92 valence electrons. The van der Waals surface area contributed by atoms with E-state index in [1.165, 1.54) is 0 Å². The van der Waals surface area contributed by atoms with Gasteiger partial charge in [-0.1, -0.05) is 30.4 Å². The summed E-state index contributed by atoms with van der Waals surface area (Å²) in [5.41, 5.74) is 6.25. The van der Waals surface area contributed by atoms with Gasteiger partial charge < -0.3 is 15.2 Å². The molecule has 0 radical (unpaired) electrons. The maximum atomic E-state index is 11.4. The summed E-state index contributed by atoms with van der Waals surface area (Å²) in [4.78, 5) is 11.4. The van der Waals surface area contributed by atoms with Crippen LogP contribution >= 0.6 is 0 Å². The van der Waals surface area contributed by atoms with Crippen LogP contribution in [0.15, 0.2) is 36.0 Å². The zero-order chi connectivity index (χ0) is 12.5. The molecular formula is C13H17NO3. The second kappa shape index (κ2) is 4.47. The molecule has 0 saturated carbocycles. The minimum atomic E-state index is -0.783. The molecule has 1 amide bonds. The molecule has 2 N–H and O–H groups in total. The van der Waals surface area contributed by atoms with Gasteiger partial charge in [0.1, 0.15) is 6.10 Å². The topological polar surface area (TPSA) is 61.5 Å². The summed E-state index contributed by atoms with van der Waals surface area (Å²) in [6, 6.07) is 0. The van der Waals surface area contributed by atoms with E-state index in [0.29, 0.717) is 0 Å². The molecule has 1 aliphatic carbocycles. The van der Waals surface area contributed by atoms with Crippen molar-refractivity contribution in [2.45, 2.75) is 38.3 Å². The van der Waals surface area contributed by atoms with Crippen LogP contribution in [0.3, 0.4) is 0 Å². The summed E-state index contributed by atoms with van der Waals surface area (Å²) in [6.45, 7) is 3.56. The van der Waals surface area contributed by atoms with Crippen molar-refractivity contribution in [3.05, 3.63) is 36.0 Å². The number of amides is 1. The van der Waals surface area contributed by atoms with E-state index in [1.54, 1.807) is 13.8 Å². The highest BCUT2D eigenvalue weighted by atomic mass is 16.8. The molecule has 0 unspecified atom stereocenters. The number of nitrogens with two attached hydrogens (primary N) is 1. The smallest absolute Gasteiger partial charge is 0.249 e. The van der Waals surface area contributed by atoms with Gasteiger partial charge >= 0.3 is 0 Å². The molecule has 2 aliphatic rings. The van der Waals surface area contributed by atoms with Crippen LogP contribution in [0.5, 0.6) is 0 Å². The standard InChI is InChI=1S/C13H17NO3/c1-13(2)16-10(11(17-13)12(14)15)9-7-5-3-4-6-8-9/h3,5-8,10-11H,4H2,1-2H3,(H2,14,15)/t10-,11+/m1/s1. The van der Waals surface area contributed by atoms with Crippen LogP contribution in [-0.4, -0.2) is 23.9 Å². The fraction of sp³-hybridized carbons (Fsp3) is 0.462. The average molecular weight is 235 g/mol. The highest BCUT2D eigenvalue weighted by molar-refractivity contribution is 5.80. The third-order valence-electron chi connectivity index (χ3n) is 2.71. The lowest BCUT2D eigenvalue weighted by atomic mass is 10.0. The Kier molecular flexibility index (Phi) is 3.17. The van der Waals surface area contributed by atoms with E-state index in [-0.39, 0.29) is 0 Å². The molecule has 1 fully saturated rings. The fourth-order valence-electron chi connectivity index (χ4n) is 2.00. The van der Waals surface area contributed by atoms with Crippen LogP contribution in [0, 0.1) is 0 Å². The quantitative estimate of drug-likeness (QED) is 0.787. The average Bonchev–Trinajstić information content (AvgIpc) is 2.46. The van der Waals surface area contributed by atoms with E-state index in [2.05, 4.69) is 0 Å². The summed E-state index contributed by atoms with van der Waals surface area (Å²) < 4.78 is 11.3. The number of primary amides is 1. The predicted molar refractivity (Wildman–Crippen MR) is 64.0 cm³/mol. The summed E-state index contributed by atoms with van der Waals surface area (Å²) >= 11 is 0. The van der Waals surface area contributed by atoms with Gasteiger partial charge in [-0.2, -0.15) is 0 Å². The summed E-state index contributed by atoms with van der Waals surface area (Å²) in [7, 11) is 0. The number of hydrogen-bond donors (Lipinski definition) is 1. The number of hydrogen-bond acceptors (Lipinski definition) is 3. The Balaban J connectivity index is 2.27. The van der Waals surface area contributed by atoms with Gasteiger partial charge in [-0.15, -0.1) is 0 Å². The molecule has 2 rings (SSSR count). The number of carbonyl (C=O) groups excluding carboxylic acids is 1. The monoisotopic (exact) mass is 235 g/mol. The molecule has 0 spiro atoms. The first-order valence-electron chi connectivity index (χ1n) is 5.68. The van der Waals surface area contributed by atoms with Gasteiger partial charge in [0, 0.05) is 0 Å². The minimum absolute atomic E-state index is 0.429. The van der Waals surface area contributed by atoms with Crippen molar-refractivity contribution in [3.63, 3.8) is 0 Å². The second-order valence-electron chi connectivity index (χ2n) is 4.61. The maximum Gasteiger partial charge on any atom is 0.249 e. The van der Waals surface area contributed by atoms with Crippen molar-refractivity contribution in [2.24, 2.45) is 5.73 Å².